The van der Waals surface area contributed by atoms with Crippen molar-refractivity contribution in [2.45, 2.75) is 0 Å². The highest BCUT2D eigenvalue weighted by Crippen LogP contribution is 2.36. The van der Waals surface area contributed by atoms with E-state index in [-0.39, 0.29) is 5.82 Å². The molecule has 1 aromatic heterocycles. The summed E-state index contributed by atoms with van der Waals surface area (Å²) >= 11 is 6.07. The molecule has 6 rings (SSSR count). The largest absolute Gasteiger partial charge is 0.369 e. The molecule has 0 aliphatic carbocycles. The molecular formula is C25H23ClFN7. The van der Waals surface area contributed by atoms with Gasteiger partial charge in [-0.25, -0.2) is 9.37 Å². The molecule has 0 amide bonds. The molecule has 0 saturated carbocycles. The van der Waals surface area contributed by atoms with Crippen LogP contribution in [0.3, 0.4) is 0 Å². The molecule has 0 bridgehead atoms. The zero-order valence-corrected chi connectivity index (χ0v) is 19.2. The number of aromatic nitrogens is 2. The molecule has 3 aliphatic heterocycles. The fourth-order valence-electron chi connectivity index (χ4n) is 4.55. The van der Waals surface area contributed by atoms with Gasteiger partial charge in [0, 0.05) is 60.8 Å². The molecule has 0 unspecified atom stereocenters. The van der Waals surface area contributed by atoms with Crippen molar-refractivity contribution in [3.8, 4) is 0 Å². The van der Waals surface area contributed by atoms with Crippen LogP contribution in [0.4, 0.5) is 27.5 Å². The lowest BCUT2D eigenvalue weighted by Crippen LogP contribution is -2.43. The van der Waals surface area contributed by atoms with Crippen LogP contribution in [-0.4, -0.2) is 55.1 Å². The van der Waals surface area contributed by atoms with E-state index >= 15 is 0 Å². The van der Waals surface area contributed by atoms with Crippen LogP contribution in [0.1, 0.15) is 11.1 Å². The van der Waals surface area contributed by atoms with E-state index in [1.807, 2.05) is 36.4 Å². The van der Waals surface area contributed by atoms with Gasteiger partial charge < -0.3 is 20.4 Å². The van der Waals surface area contributed by atoms with Crippen molar-refractivity contribution in [1.82, 2.24) is 15.3 Å². The molecule has 9 heteroatoms. The molecule has 2 aromatic carbocycles. The number of hydrogen-bond acceptors (Lipinski definition) is 7. The first-order valence-corrected chi connectivity index (χ1v) is 11.7. The number of piperazine rings is 1. The minimum atomic E-state index is -0.328. The molecule has 1 saturated heterocycles. The van der Waals surface area contributed by atoms with Crippen LogP contribution < -0.4 is 20.4 Å². The first-order chi connectivity index (χ1) is 16.7. The van der Waals surface area contributed by atoms with Gasteiger partial charge in [-0.3, -0.25) is 4.99 Å². The van der Waals surface area contributed by atoms with E-state index in [9.17, 15) is 4.39 Å². The number of nitrogens with one attached hydrogen (secondary N) is 2. The molecule has 0 atom stereocenters. The Morgan fingerprint density at radius 1 is 1.03 bits per heavy atom. The third-order valence-electron chi connectivity index (χ3n) is 6.27. The summed E-state index contributed by atoms with van der Waals surface area (Å²) in [6.45, 7) is 4.96. The van der Waals surface area contributed by atoms with Gasteiger partial charge in [0.2, 0.25) is 5.95 Å². The van der Waals surface area contributed by atoms with Crippen molar-refractivity contribution < 1.29 is 4.39 Å². The van der Waals surface area contributed by atoms with Crippen LogP contribution >= 0.6 is 11.6 Å². The third kappa shape index (κ3) is 3.89. The third-order valence-corrected chi connectivity index (χ3v) is 6.52. The Bertz CT molecular complexity index is 1300. The molecule has 34 heavy (non-hydrogen) atoms. The summed E-state index contributed by atoms with van der Waals surface area (Å²) in [7, 11) is 0. The summed E-state index contributed by atoms with van der Waals surface area (Å²) in [4.78, 5) is 18.2. The van der Waals surface area contributed by atoms with E-state index < -0.39 is 0 Å². The van der Waals surface area contributed by atoms with E-state index in [4.69, 9.17) is 21.6 Å². The Balaban J connectivity index is 1.29. The summed E-state index contributed by atoms with van der Waals surface area (Å²) < 4.78 is 14.9. The van der Waals surface area contributed by atoms with Crippen LogP contribution in [0.25, 0.3) is 11.6 Å². The minimum Gasteiger partial charge on any atom is -0.369 e. The number of rotatable bonds is 4. The number of hydrogen-bond donors (Lipinski definition) is 2. The SMILES string of the molecule is Fc1cc(N2CCNCC2)ccc1Nc1ncc2c(n1)N1CCN=C1C(c1ccc(Cl)cc1)=C2. The second kappa shape index (κ2) is 8.70. The normalized spacial score (nSPS) is 17.1. The fraction of sp³-hybridized carbons (Fsp3) is 0.240. The van der Waals surface area contributed by atoms with E-state index in [2.05, 4.69) is 25.4 Å². The summed E-state index contributed by atoms with van der Waals surface area (Å²) in [5.74, 6) is 1.67. The zero-order valence-electron chi connectivity index (χ0n) is 18.4. The van der Waals surface area contributed by atoms with Crippen molar-refractivity contribution in [1.29, 1.82) is 0 Å². The Kier molecular flexibility index (Phi) is 5.39. The molecule has 4 heterocycles. The maximum absolute atomic E-state index is 14.9. The average Bonchev–Trinajstić information content (AvgIpc) is 3.36. The standard InChI is InChI=1S/C25H23ClFN7/c26-18-3-1-16(2-4-18)20-13-17-15-30-25(32-23(17)34-12-9-29-24(20)34)31-22-6-5-19(14-21(22)27)33-10-7-28-8-11-33/h1-6,13-15,28H,7-12H2,(H,30,31,32). The average molecular weight is 476 g/mol. The van der Waals surface area contributed by atoms with Crippen molar-refractivity contribution in [2.24, 2.45) is 4.99 Å². The van der Waals surface area contributed by atoms with Crippen molar-refractivity contribution in [2.75, 3.05) is 54.4 Å². The molecule has 3 aliphatic rings. The van der Waals surface area contributed by atoms with Gasteiger partial charge in [0.25, 0.3) is 0 Å². The Morgan fingerprint density at radius 3 is 2.65 bits per heavy atom. The molecule has 0 radical (unpaired) electrons. The van der Waals surface area contributed by atoms with Crippen molar-refractivity contribution in [3.63, 3.8) is 0 Å². The fourth-order valence-corrected chi connectivity index (χ4v) is 4.68. The second-order valence-electron chi connectivity index (χ2n) is 8.42. The number of benzene rings is 2. The van der Waals surface area contributed by atoms with Gasteiger partial charge in [-0.2, -0.15) is 4.98 Å². The number of fused-ring (bicyclic) bond motifs is 3. The predicted octanol–water partition coefficient (Wildman–Crippen LogP) is 4.20. The summed E-state index contributed by atoms with van der Waals surface area (Å²) in [6, 6.07) is 13.0. The van der Waals surface area contributed by atoms with Crippen LogP contribution in [0.2, 0.25) is 5.02 Å². The lowest BCUT2D eigenvalue weighted by molar-refractivity contribution is 0.585. The monoisotopic (exact) mass is 475 g/mol. The smallest absolute Gasteiger partial charge is 0.229 e. The molecule has 0 spiro atoms. The summed E-state index contributed by atoms with van der Waals surface area (Å²) in [5.41, 5.74) is 4.18. The Labute approximate surface area is 202 Å². The number of amidine groups is 1. The molecule has 1 fully saturated rings. The maximum atomic E-state index is 14.9. The lowest BCUT2D eigenvalue weighted by Gasteiger charge is -2.29. The van der Waals surface area contributed by atoms with Gasteiger partial charge in [0.1, 0.15) is 17.5 Å². The van der Waals surface area contributed by atoms with Crippen LogP contribution in [0.5, 0.6) is 0 Å². The first kappa shape index (κ1) is 21.1. The minimum absolute atomic E-state index is 0.328. The number of halogens is 2. The highest BCUT2D eigenvalue weighted by atomic mass is 35.5. The molecule has 7 nitrogen and oxygen atoms in total. The van der Waals surface area contributed by atoms with Crippen molar-refractivity contribution in [3.05, 3.63) is 70.6 Å². The molecule has 172 valence electrons. The molecule has 3 aromatic rings. The van der Waals surface area contributed by atoms with Gasteiger partial charge in [-0.15, -0.1) is 0 Å². The van der Waals surface area contributed by atoms with Crippen LogP contribution in [0.15, 0.2) is 53.7 Å². The van der Waals surface area contributed by atoms with Crippen molar-refractivity contribution >= 4 is 52.2 Å². The summed E-state index contributed by atoms with van der Waals surface area (Å²) in [6.07, 6.45) is 3.81. The van der Waals surface area contributed by atoms with Gasteiger partial charge in [0.05, 0.1) is 12.2 Å². The molecule has 2 N–H and O–H groups in total. The quantitative estimate of drug-likeness (QED) is 0.589. The Hall–Kier alpha value is -3.49. The predicted molar refractivity (Wildman–Crippen MR) is 136 cm³/mol. The van der Waals surface area contributed by atoms with E-state index in [1.54, 1.807) is 18.3 Å². The van der Waals surface area contributed by atoms with Crippen LogP contribution in [-0.2, 0) is 0 Å². The van der Waals surface area contributed by atoms with Crippen LogP contribution in [0, 0.1) is 5.82 Å². The van der Waals surface area contributed by atoms with Gasteiger partial charge in [-0.1, -0.05) is 23.7 Å². The number of anilines is 4. The zero-order chi connectivity index (χ0) is 23.1. The first-order valence-electron chi connectivity index (χ1n) is 11.3. The van der Waals surface area contributed by atoms with Gasteiger partial charge >= 0.3 is 0 Å². The lowest BCUT2D eigenvalue weighted by atomic mass is 9.99. The topological polar surface area (TPSA) is 68.7 Å². The second-order valence-corrected chi connectivity index (χ2v) is 8.86. The van der Waals surface area contributed by atoms with E-state index in [1.165, 1.54) is 0 Å². The van der Waals surface area contributed by atoms with E-state index in [0.29, 0.717) is 23.2 Å². The Morgan fingerprint density at radius 2 is 1.85 bits per heavy atom. The highest BCUT2D eigenvalue weighted by Gasteiger charge is 2.30. The highest BCUT2D eigenvalue weighted by molar-refractivity contribution is 6.36. The maximum Gasteiger partial charge on any atom is 0.229 e. The van der Waals surface area contributed by atoms with Gasteiger partial charge in [-0.05, 0) is 42.0 Å². The van der Waals surface area contributed by atoms with Gasteiger partial charge in [0.15, 0.2) is 0 Å². The number of aliphatic imine (C=N–C) groups is 1. The number of nitrogens with zero attached hydrogens (tertiary/aromatic N) is 5. The summed E-state index contributed by atoms with van der Waals surface area (Å²) in [5, 5.41) is 7.06. The van der Waals surface area contributed by atoms with E-state index in [0.717, 1.165) is 66.8 Å². The molecular weight excluding hydrogens is 453 g/mol.